The standard InChI is InChI=1S/C25H22F2N4O2/c1-24(14-32)6-4-18-16(13-28)10-15(11-19(18)24)21-5-8-29-23(31-21)30-17-2-3-22-20(12-17)25(26,27)7-9-33-22/h2-3,5,8,10-12,32H,4,6-7,9,14H2,1H3,(H,29,30,31). The van der Waals surface area contributed by atoms with Crippen molar-refractivity contribution in [3.63, 3.8) is 0 Å². The van der Waals surface area contributed by atoms with Crippen LogP contribution >= 0.6 is 0 Å². The monoisotopic (exact) mass is 448 g/mol. The largest absolute Gasteiger partial charge is 0.493 e. The van der Waals surface area contributed by atoms with Gasteiger partial charge in [0.25, 0.3) is 5.92 Å². The molecule has 3 aromatic rings. The van der Waals surface area contributed by atoms with Crippen LogP contribution in [0.5, 0.6) is 5.75 Å². The summed E-state index contributed by atoms with van der Waals surface area (Å²) < 4.78 is 33.9. The van der Waals surface area contributed by atoms with Gasteiger partial charge in [0.1, 0.15) is 5.75 Å². The Bertz CT molecular complexity index is 1290. The summed E-state index contributed by atoms with van der Waals surface area (Å²) >= 11 is 0. The van der Waals surface area contributed by atoms with Crippen LogP contribution in [0.1, 0.15) is 42.0 Å². The van der Waals surface area contributed by atoms with Crippen LogP contribution in [0.15, 0.2) is 42.6 Å². The number of ether oxygens (including phenoxy) is 1. The van der Waals surface area contributed by atoms with Gasteiger partial charge in [-0.05, 0) is 60.4 Å². The van der Waals surface area contributed by atoms with Crippen molar-refractivity contribution < 1.29 is 18.6 Å². The number of nitriles is 1. The van der Waals surface area contributed by atoms with E-state index in [1.165, 1.54) is 12.1 Å². The molecule has 0 saturated heterocycles. The third-order valence-electron chi connectivity index (χ3n) is 6.55. The van der Waals surface area contributed by atoms with Crippen LogP contribution in [0.2, 0.25) is 0 Å². The van der Waals surface area contributed by atoms with E-state index in [0.717, 1.165) is 29.5 Å². The number of hydrogen-bond donors (Lipinski definition) is 2. The number of aliphatic hydroxyl groups excluding tert-OH is 1. The Hall–Kier alpha value is -3.57. The Labute approximate surface area is 189 Å². The summed E-state index contributed by atoms with van der Waals surface area (Å²) in [6, 6.07) is 12.3. The molecule has 5 rings (SSSR count). The van der Waals surface area contributed by atoms with E-state index in [0.29, 0.717) is 16.9 Å². The molecule has 1 aliphatic carbocycles. The predicted octanol–water partition coefficient (Wildman–Crippen LogP) is 4.83. The summed E-state index contributed by atoms with van der Waals surface area (Å²) in [5, 5.41) is 22.6. The van der Waals surface area contributed by atoms with Crippen LogP contribution in [0.4, 0.5) is 20.4 Å². The minimum absolute atomic E-state index is 0.00240. The Kier molecular flexibility index (Phi) is 5.02. The van der Waals surface area contributed by atoms with E-state index >= 15 is 0 Å². The van der Waals surface area contributed by atoms with Crippen LogP contribution < -0.4 is 10.1 Å². The van der Waals surface area contributed by atoms with Gasteiger partial charge in [0.05, 0.1) is 42.5 Å². The number of aromatic nitrogens is 2. The van der Waals surface area contributed by atoms with Gasteiger partial charge in [-0.1, -0.05) is 6.92 Å². The Morgan fingerprint density at radius 2 is 2.03 bits per heavy atom. The van der Waals surface area contributed by atoms with Crippen LogP contribution in [0.25, 0.3) is 11.3 Å². The Balaban J connectivity index is 1.49. The first-order valence-electron chi connectivity index (χ1n) is 10.8. The second-order valence-corrected chi connectivity index (χ2v) is 8.78. The highest BCUT2D eigenvalue weighted by atomic mass is 19.3. The molecule has 1 aliphatic heterocycles. The van der Waals surface area contributed by atoms with Gasteiger partial charge in [-0.2, -0.15) is 5.26 Å². The number of nitrogens with one attached hydrogen (secondary N) is 1. The van der Waals surface area contributed by atoms with Crippen LogP contribution in [-0.4, -0.2) is 28.3 Å². The minimum atomic E-state index is -2.95. The highest BCUT2D eigenvalue weighted by Gasteiger charge is 2.38. The topological polar surface area (TPSA) is 91.1 Å². The maximum atomic E-state index is 14.3. The molecule has 2 heterocycles. The number of aliphatic hydroxyl groups is 1. The van der Waals surface area contributed by atoms with Crippen molar-refractivity contribution in [3.8, 4) is 23.1 Å². The third kappa shape index (κ3) is 3.68. The zero-order valence-electron chi connectivity index (χ0n) is 18.0. The molecule has 1 aromatic heterocycles. The molecule has 0 amide bonds. The second kappa shape index (κ2) is 7.78. The zero-order chi connectivity index (χ0) is 23.2. The van der Waals surface area contributed by atoms with E-state index in [-0.39, 0.29) is 36.9 Å². The number of rotatable bonds is 4. The quantitative estimate of drug-likeness (QED) is 0.594. The smallest absolute Gasteiger partial charge is 0.280 e. The molecule has 2 N–H and O–H groups in total. The maximum Gasteiger partial charge on any atom is 0.280 e. The van der Waals surface area contributed by atoms with Gasteiger partial charge in [-0.25, -0.2) is 18.7 Å². The average molecular weight is 448 g/mol. The van der Waals surface area contributed by atoms with E-state index in [2.05, 4.69) is 21.4 Å². The van der Waals surface area contributed by atoms with E-state index in [1.807, 2.05) is 13.0 Å². The van der Waals surface area contributed by atoms with Gasteiger partial charge >= 0.3 is 0 Å². The summed E-state index contributed by atoms with van der Waals surface area (Å²) in [6.45, 7) is 1.97. The molecule has 33 heavy (non-hydrogen) atoms. The van der Waals surface area contributed by atoms with E-state index in [4.69, 9.17) is 4.74 Å². The number of halogens is 2. The fraction of sp³-hybridized carbons (Fsp3) is 0.320. The third-order valence-corrected chi connectivity index (χ3v) is 6.55. The molecule has 0 radical (unpaired) electrons. The first kappa shape index (κ1) is 21.3. The molecule has 168 valence electrons. The fourth-order valence-corrected chi connectivity index (χ4v) is 4.58. The van der Waals surface area contributed by atoms with E-state index < -0.39 is 11.3 Å². The van der Waals surface area contributed by atoms with Gasteiger partial charge in [-0.3, -0.25) is 0 Å². The van der Waals surface area contributed by atoms with Gasteiger partial charge in [0.15, 0.2) is 0 Å². The predicted molar refractivity (Wildman–Crippen MR) is 119 cm³/mol. The Morgan fingerprint density at radius 3 is 2.82 bits per heavy atom. The number of alkyl halides is 2. The molecule has 2 aromatic carbocycles. The maximum absolute atomic E-state index is 14.3. The molecule has 6 nitrogen and oxygen atoms in total. The lowest BCUT2D eigenvalue weighted by Crippen LogP contribution is -2.24. The van der Waals surface area contributed by atoms with Crippen LogP contribution in [-0.2, 0) is 17.8 Å². The van der Waals surface area contributed by atoms with Crippen molar-refractivity contribution >= 4 is 11.6 Å². The van der Waals surface area contributed by atoms with Crippen molar-refractivity contribution in [2.75, 3.05) is 18.5 Å². The summed E-state index contributed by atoms with van der Waals surface area (Å²) in [7, 11) is 0. The summed E-state index contributed by atoms with van der Waals surface area (Å²) in [6.07, 6.45) is 2.74. The lowest BCUT2D eigenvalue weighted by molar-refractivity contribution is -0.0404. The van der Waals surface area contributed by atoms with Crippen molar-refractivity contribution in [1.82, 2.24) is 9.97 Å². The summed E-state index contributed by atoms with van der Waals surface area (Å²) in [5.41, 5.74) is 3.71. The molecule has 1 unspecified atom stereocenters. The fourth-order valence-electron chi connectivity index (χ4n) is 4.58. The molecule has 2 aliphatic rings. The van der Waals surface area contributed by atoms with Crippen LogP contribution in [0.3, 0.4) is 0 Å². The van der Waals surface area contributed by atoms with Crippen LogP contribution in [0, 0.1) is 11.3 Å². The molecule has 0 saturated carbocycles. The van der Waals surface area contributed by atoms with E-state index in [1.54, 1.807) is 24.4 Å². The lowest BCUT2D eigenvalue weighted by Gasteiger charge is -2.26. The lowest BCUT2D eigenvalue weighted by atomic mass is 9.83. The number of hydrogen-bond acceptors (Lipinski definition) is 6. The normalized spacial score (nSPS) is 20.3. The number of anilines is 2. The van der Waals surface area contributed by atoms with Gasteiger partial charge in [-0.15, -0.1) is 0 Å². The number of nitrogens with zero attached hydrogens (tertiary/aromatic N) is 3. The highest BCUT2D eigenvalue weighted by Crippen LogP contribution is 2.43. The Morgan fingerprint density at radius 1 is 1.18 bits per heavy atom. The van der Waals surface area contributed by atoms with Gasteiger partial charge in [0.2, 0.25) is 5.95 Å². The first-order valence-corrected chi connectivity index (χ1v) is 10.8. The van der Waals surface area contributed by atoms with Gasteiger partial charge in [0, 0.05) is 22.9 Å². The average Bonchev–Trinajstić information content (AvgIpc) is 3.16. The SMILES string of the molecule is CC1(CO)CCc2c(C#N)cc(-c3ccnc(Nc4ccc5c(c4)C(F)(F)CCO5)n3)cc21. The zero-order valence-corrected chi connectivity index (χ0v) is 18.0. The first-order chi connectivity index (χ1) is 15.8. The van der Waals surface area contributed by atoms with Crippen molar-refractivity contribution in [2.24, 2.45) is 0 Å². The second-order valence-electron chi connectivity index (χ2n) is 8.78. The molecule has 0 bridgehead atoms. The number of benzene rings is 2. The van der Waals surface area contributed by atoms with Crippen molar-refractivity contribution in [3.05, 3.63) is 64.8 Å². The van der Waals surface area contributed by atoms with Crippen molar-refractivity contribution in [1.29, 1.82) is 5.26 Å². The summed E-state index contributed by atoms with van der Waals surface area (Å²) in [5.74, 6) is -2.53. The molecular weight excluding hydrogens is 426 g/mol. The molecule has 8 heteroatoms. The minimum Gasteiger partial charge on any atom is -0.493 e. The number of fused-ring (bicyclic) bond motifs is 2. The molecular formula is C25H22F2N4O2. The van der Waals surface area contributed by atoms with E-state index in [9.17, 15) is 19.1 Å². The molecule has 1 atom stereocenters. The molecule has 0 fully saturated rings. The van der Waals surface area contributed by atoms with Gasteiger partial charge < -0.3 is 15.2 Å². The highest BCUT2D eigenvalue weighted by molar-refractivity contribution is 5.68. The summed E-state index contributed by atoms with van der Waals surface area (Å²) in [4.78, 5) is 8.77. The van der Waals surface area contributed by atoms with Crippen molar-refractivity contribution in [2.45, 2.75) is 37.5 Å². The molecule has 0 spiro atoms.